The van der Waals surface area contributed by atoms with Crippen molar-refractivity contribution in [2.24, 2.45) is 0 Å². The Balaban J connectivity index is 2.06. The first-order valence-corrected chi connectivity index (χ1v) is 5.78. The molecule has 0 saturated carbocycles. The fourth-order valence-electron chi connectivity index (χ4n) is 1.78. The fraction of sp³-hybridized carbons (Fsp3) is 0.143. The number of hydrogen-bond donors (Lipinski definition) is 0. The van der Waals surface area contributed by atoms with Crippen LogP contribution in [0.5, 0.6) is 0 Å². The molecule has 0 heterocycles. The number of hydrazine groups is 1. The van der Waals surface area contributed by atoms with Gasteiger partial charge in [-0.15, -0.1) is 0 Å². The lowest BCUT2D eigenvalue weighted by Gasteiger charge is -2.13. The van der Waals surface area contributed by atoms with E-state index in [2.05, 4.69) is 0 Å². The third-order valence-electron chi connectivity index (χ3n) is 2.71. The molecule has 2 aromatic carbocycles. The van der Waals surface area contributed by atoms with Crippen molar-refractivity contribution in [2.75, 3.05) is 11.6 Å². The molecular formula is C14H14N2O2. The van der Waals surface area contributed by atoms with Crippen LogP contribution in [0.25, 0.3) is 0 Å². The van der Waals surface area contributed by atoms with Crippen molar-refractivity contribution >= 4 is 5.69 Å². The van der Waals surface area contributed by atoms with E-state index in [1.54, 1.807) is 24.3 Å². The highest BCUT2D eigenvalue weighted by Gasteiger charge is 2.16. The van der Waals surface area contributed by atoms with Crippen LogP contribution < -0.4 is 5.01 Å². The predicted molar refractivity (Wildman–Crippen MR) is 70.9 cm³/mol. The molecule has 4 nitrogen and oxygen atoms in total. The quantitative estimate of drug-likeness (QED) is 0.598. The number of anilines is 1. The van der Waals surface area contributed by atoms with Crippen molar-refractivity contribution in [1.82, 2.24) is 0 Å². The number of rotatable bonds is 5. The monoisotopic (exact) mass is 242 g/mol. The third-order valence-corrected chi connectivity index (χ3v) is 2.71. The summed E-state index contributed by atoms with van der Waals surface area (Å²) in [6.07, 6.45) is 0.650. The zero-order valence-electron chi connectivity index (χ0n) is 9.90. The van der Waals surface area contributed by atoms with Crippen LogP contribution in [-0.2, 0) is 6.42 Å². The van der Waals surface area contributed by atoms with E-state index in [1.165, 1.54) is 5.01 Å². The highest BCUT2D eigenvalue weighted by atomic mass is 16.7. The molecule has 0 aromatic heterocycles. The Labute approximate surface area is 106 Å². The van der Waals surface area contributed by atoms with Crippen molar-refractivity contribution in [3.63, 3.8) is 0 Å². The molecule has 2 aromatic rings. The summed E-state index contributed by atoms with van der Waals surface area (Å²) in [7, 11) is 0. The molecule has 92 valence electrons. The number of benzene rings is 2. The number of nitrogens with zero attached hydrogens (tertiary/aromatic N) is 2. The van der Waals surface area contributed by atoms with Gasteiger partial charge in [-0.05, 0) is 24.1 Å². The summed E-state index contributed by atoms with van der Waals surface area (Å²) in [5.41, 5.74) is 1.71. The molecule has 0 N–H and O–H groups in total. The maximum atomic E-state index is 11.1. The minimum Gasteiger partial charge on any atom is -0.234 e. The molecule has 0 saturated heterocycles. The Morgan fingerprint density at radius 1 is 0.944 bits per heavy atom. The van der Waals surface area contributed by atoms with E-state index in [9.17, 15) is 10.1 Å². The highest BCUT2D eigenvalue weighted by Crippen LogP contribution is 2.14. The van der Waals surface area contributed by atoms with Crippen LogP contribution in [0.1, 0.15) is 5.56 Å². The molecule has 0 aliphatic heterocycles. The first-order valence-electron chi connectivity index (χ1n) is 5.78. The normalized spacial score (nSPS) is 10.0. The minimum atomic E-state index is -0.363. The highest BCUT2D eigenvalue weighted by molar-refractivity contribution is 5.43. The Morgan fingerprint density at radius 2 is 1.50 bits per heavy atom. The second-order valence-corrected chi connectivity index (χ2v) is 3.93. The van der Waals surface area contributed by atoms with Crippen LogP contribution in [0, 0.1) is 10.1 Å². The van der Waals surface area contributed by atoms with Gasteiger partial charge >= 0.3 is 0 Å². The summed E-state index contributed by atoms with van der Waals surface area (Å²) < 4.78 is 0. The summed E-state index contributed by atoms with van der Waals surface area (Å²) in [6, 6.07) is 18.7. The second-order valence-electron chi connectivity index (χ2n) is 3.93. The van der Waals surface area contributed by atoms with Crippen molar-refractivity contribution in [1.29, 1.82) is 0 Å². The van der Waals surface area contributed by atoms with Crippen molar-refractivity contribution in [2.45, 2.75) is 6.42 Å². The lowest BCUT2D eigenvalue weighted by molar-refractivity contribution is -0.494. The predicted octanol–water partition coefficient (Wildman–Crippen LogP) is 2.93. The van der Waals surface area contributed by atoms with Gasteiger partial charge in [-0.25, -0.2) is 10.1 Å². The first kappa shape index (κ1) is 12.1. The van der Waals surface area contributed by atoms with Crippen LogP contribution in [0.3, 0.4) is 0 Å². The Bertz CT molecular complexity index is 500. The molecule has 0 aliphatic carbocycles. The Hall–Kier alpha value is -2.36. The second kappa shape index (κ2) is 5.82. The van der Waals surface area contributed by atoms with E-state index < -0.39 is 0 Å². The molecule has 0 spiro atoms. The zero-order chi connectivity index (χ0) is 12.8. The average molecular weight is 242 g/mol. The Kier molecular flexibility index (Phi) is 3.91. The lowest BCUT2D eigenvalue weighted by Crippen LogP contribution is -2.31. The maximum absolute atomic E-state index is 11.1. The molecule has 18 heavy (non-hydrogen) atoms. The van der Waals surface area contributed by atoms with Crippen LogP contribution in [0.15, 0.2) is 60.7 Å². The fourth-order valence-corrected chi connectivity index (χ4v) is 1.78. The molecule has 2 rings (SSSR count). The van der Waals surface area contributed by atoms with Crippen molar-refractivity contribution in [3.8, 4) is 0 Å². The van der Waals surface area contributed by atoms with Crippen molar-refractivity contribution in [3.05, 3.63) is 76.3 Å². The standard InChI is InChI=1S/C14H14N2O2/c17-16(18)15(14-9-5-2-6-10-14)12-11-13-7-3-1-4-8-13/h1-10H,11-12H2. The summed E-state index contributed by atoms with van der Waals surface area (Å²) in [4.78, 5) is 11.1. The van der Waals surface area contributed by atoms with Crippen LogP contribution >= 0.6 is 0 Å². The summed E-state index contributed by atoms with van der Waals surface area (Å²) in [5.74, 6) is 0. The number of hydrogen-bond acceptors (Lipinski definition) is 2. The van der Waals surface area contributed by atoms with Gasteiger partial charge in [0.15, 0.2) is 5.03 Å². The molecule has 0 fully saturated rings. The first-order chi connectivity index (χ1) is 8.77. The largest absolute Gasteiger partial charge is 0.234 e. The van der Waals surface area contributed by atoms with Gasteiger partial charge in [0.1, 0.15) is 5.69 Å². The molecule has 4 heteroatoms. The van der Waals surface area contributed by atoms with Crippen LogP contribution in [-0.4, -0.2) is 11.6 Å². The van der Waals surface area contributed by atoms with Gasteiger partial charge in [-0.2, -0.15) is 0 Å². The van der Waals surface area contributed by atoms with E-state index in [0.29, 0.717) is 18.7 Å². The van der Waals surface area contributed by atoms with Gasteiger partial charge in [0.2, 0.25) is 0 Å². The van der Waals surface area contributed by atoms with Gasteiger partial charge in [-0.1, -0.05) is 53.5 Å². The smallest absolute Gasteiger partial charge is 0.165 e. The van der Waals surface area contributed by atoms with Gasteiger partial charge in [0, 0.05) is 0 Å². The molecular weight excluding hydrogens is 228 g/mol. The molecule has 0 radical (unpaired) electrons. The molecule has 0 bridgehead atoms. The summed E-state index contributed by atoms with van der Waals surface area (Å²) >= 11 is 0. The van der Waals surface area contributed by atoms with Gasteiger partial charge in [0.25, 0.3) is 0 Å². The van der Waals surface area contributed by atoms with E-state index in [1.807, 2.05) is 36.4 Å². The average Bonchev–Trinajstić information content (AvgIpc) is 2.41. The Morgan fingerprint density at radius 3 is 2.06 bits per heavy atom. The van der Waals surface area contributed by atoms with E-state index >= 15 is 0 Å². The number of nitro groups is 1. The van der Waals surface area contributed by atoms with Gasteiger partial charge < -0.3 is 0 Å². The summed E-state index contributed by atoms with van der Waals surface area (Å²) in [6.45, 7) is 0.362. The molecule has 0 atom stereocenters. The van der Waals surface area contributed by atoms with Gasteiger partial charge in [0.05, 0.1) is 6.54 Å². The topological polar surface area (TPSA) is 46.4 Å². The number of para-hydroxylation sites is 1. The summed E-state index contributed by atoms with van der Waals surface area (Å²) in [5, 5.41) is 11.9. The lowest BCUT2D eigenvalue weighted by atomic mass is 10.1. The SMILES string of the molecule is O=[N+]([O-])N(CCc1ccccc1)c1ccccc1. The zero-order valence-corrected chi connectivity index (χ0v) is 9.90. The molecule has 0 amide bonds. The van der Waals surface area contributed by atoms with Crippen molar-refractivity contribution < 1.29 is 5.03 Å². The van der Waals surface area contributed by atoms with Crippen LogP contribution in [0.4, 0.5) is 5.69 Å². The van der Waals surface area contributed by atoms with Gasteiger partial charge in [-0.3, -0.25) is 0 Å². The van der Waals surface area contributed by atoms with E-state index in [4.69, 9.17) is 0 Å². The minimum absolute atomic E-state index is 0.362. The van der Waals surface area contributed by atoms with E-state index in [0.717, 1.165) is 5.56 Å². The molecule has 0 aliphatic rings. The molecule has 0 unspecified atom stereocenters. The van der Waals surface area contributed by atoms with E-state index in [-0.39, 0.29) is 5.03 Å². The third kappa shape index (κ3) is 3.07. The van der Waals surface area contributed by atoms with Crippen LogP contribution in [0.2, 0.25) is 0 Å². The maximum Gasteiger partial charge on any atom is 0.165 e.